The molecule has 1 N–H and O–H groups in total. The second-order valence-electron chi connectivity index (χ2n) is 7.96. The van der Waals surface area contributed by atoms with Crippen LogP contribution in [0.4, 0.5) is 0 Å². The molecule has 1 aromatic carbocycles. The molecule has 158 valence electrons. The zero-order valence-corrected chi connectivity index (χ0v) is 18.3. The maximum Gasteiger partial charge on any atom is 0.226 e. The molecular weight excluding hydrogens is 394 g/mol. The molecule has 1 unspecified atom stereocenters. The summed E-state index contributed by atoms with van der Waals surface area (Å²) in [7, 11) is 0. The zero-order valence-electron chi connectivity index (χ0n) is 17.5. The number of thiophene rings is 1. The third-order valence-corrected chi connectivity index (χ3v) is 6.55. The Morgan fingerprint density at radius 3 is 2.87 bits per heavy atom. The standard InChI is InChI=1S/C24H29N3O2S/c1-2-7-21-25-23(29-27-21)12-5-11-22(28)26-24(20-10-6-15-30-20)19-14-13-17-8-3-4-9-18(17)16-19/h6,10,13-16,24H,2-5,7-9,11-12H2,1H3,(H,26,28). The maximum absolute atomic E-state index is 12.7. The first-order valence-corrected chi connectivity index (χ1v) is 11.9. The van der Waals surface area contributed by atoms with Crippen LogP contribution in [0.5, 0.6) is 0 Å². The number of nitrogens with one attached hydrogen (secondary N) is 1. The first kappa shape index (κ1) is 20.8. The highest BCUT2D eigenvalue weighted by Gasteiger charge is 2.20. The molecule has 5 nitrogen and oxygen atoms in total. The van der Waals surface area contributed by atoms with Gasteiger partial charge in [0.2, 0.25) is 11.8 Å². The fourth-order valence-electron chi connectivity index (χ4n) is 4.06. The Morgan fingerprint density at radius 2 is 2.07 bits per heavy atom. The lowest BCUT2D eigenvalue weighted by Crippen LogP contribution is -2.29. The van der Waals surface area contributed by atoms with Crippen molar-refractivity contribution in [1.29, 1.82) is 0 Å². The van der Waals surface area contributed by atoms with Crippen LogP contribution in [0.25, 0.3) is 0 Å². The molecular formula is C24H29N3O2S. The van der Waals surface area contributed by atoms with E-state index in [2.05, 4.69) is 52.0 Å². The van der Waals surface area contributed by atoms with Gasteiger partial charge in [-0.15, -0.1) is 11.3 Å². The molecule has 1 amide bonds. The van der Waals surface area contributed by atoms with Crippen molar-refractivity contribution in [2.75, 3.05) is 0 Å². The number of amides is 1. The van der Waals surface area contributed by atoms with E-state index in [1.165, 1.54) is 40.8 Å². The molecule has 0 bridgehead atoms. The van der Waals surface area contributed by atoms with E-state index in [1.54, 1.807) is 11.3 Å². The fourth-order valence-corrected chi connectivity index (χ4v) is 4.86. The summed E-state index contributed by atoms with van der Waals surface area (Å²) in [4.78, 5) is 18.3. The van der Waals surface area contributed by atoms with Gasteiger partial charge in [0.1, 0.15) is 0 Å². The molecule has 4 rings (SSSR count). The van der Waals surface area contributed by atoms with Gasteiger partial charge in [0, 0.05) is 24.1 Å². The van der Waals surface area contributed by atoms with Crippen LogP contribution in [0.2, 0.25) is 0 Å². The van der Waals surface area contributed by atoms with E-state index in [0.29, 0.717) is 25.2 Å². The summed E-state index contributed by atoms with van der Waals surface area (Å²) in [5.41, 5.74) is 4.07. The van der Waals surface area contributed by atoms with Gasteiger partial charge < -0.3 is 9.84 Å². The van der Waals surface area contributed by atoms with Crippen molar-refractivity contribution >= 4 is 17.2 Å². The Bertz CT molecular complexity index is 965. The van der Waals surface area contributed by atoms with Gasteiger partial charge in [-0.1, -0.05) is 36.3 Å². The smallest absolute Gasteiger partial charge is 0.226 e. The molecule has 2 aromatic heterocycles. The highest BCUT2D eigenvalue weighted by atomic mass is 32.1. The second-order valence-corrected chi connectivity index (χ2v) is 8.94. The Morgan fingerprint density at radius 1 is 1.20 bits per heavy atom. The number of hydrogen-bond acceptors (Lipinski definition) is 5. The summed E-state index contributed by atoms with van der Waals surface area (Å²) in [6, 6.07) is 10.8. The molecule has 0 aliphatic heterocycles. The minimum Gasteiger partial charge on any atom is -0.344 e. The summed E-state index contributed by atoms with van der Waals surface area (Å²) in [5, 5.41) is 9.30. The first-order chi connectivity index (χ1) is 14.7. The average Bonchev–Trinajstić information content (AvgIpc) is 3.44. The number of rotatable bonds is 9. The first-order valence-electron chi connectivity index (χ1n) is 11.0. The molecule has 30 heavy (non-hydrogen) atoms. The molecule has 1 atom stereocenters. The zero-order chi connectivity index (χ0) is 20.8. The number of aromatic nitrogens is 2. The third-order valence-electron chi connectivity index (χ3n) is 5.62. The number of aryl methyl sites for hydroxylation is 4. The van der Waals surface area contributed by atoms with Gasteiger partial charge in [0.15, 0.2) is 5.82 Å². The van der Waals surface area contributed by atoms with Crippen LogP contribution in [-0.2, 0) is 30.5 Å². The van der Waals surface area contributed by atoms with Crippen molar-refractivity contribution < 1.29 is 9.32 Å². The number of hydrogen-bond donors (Lipinski definition) is 1. The summed E-state index contributed by atoms with van der Waals surface area (Å²) in [6.45, 7) is 2.09. The molecule has 0 radical (unpaired) electrons. The van der Waals surface area contributed by atoms with Crippen molar-refractivity contribution in [3.63, 3.8) is 0 Å². The SMILES string of the molecule is CCCc1noc(CCCC(=O)NC(c2ccc3c(c2)CCCC3)c2cccs2)n1. The van der Waals surface area contributed by atoms with Gasteiger partial charge in [-0.3, -0.25) is 4.79 Å². The Labute approximate surface area is 181 Å². The molecule has 0 fully saturated rings. The summed E-state index contributed by atoms with van der Waals surface area (Å²) < 4.78 is 5.27. The normalized spacial score (nSPS) is 14.3. The van der Waals surface area contributed by atoms with Crippen LogP contribution in [0.3, 0.4) is 0 Å². The minimum absolute atomic E-state index is 0.0550. The highest BCUT2D eigenvalue weighted by Crippen LogP contribution is 2.30. The van der Waals surface area contributed by atoms with E-state index in [9.17, 15) is 4.79 Å². The van der Waals surface area contributed by atoms with Crippen LogP contribution in [-0.4, -0.2) is 16.0 Å². The van der Waals surface area contributed by atoms with Gasteiger partial charge in [0.05, 0.1) is 6.04 Å². The number of carbonyl (C=O) groups excluding carboxylic acids is 1. The lowest BCUT2D eigenvalue weighted by Gasteiger charge is -2.22. The Kier molecular flexibility index (Phi) is 6.95. The summed E-state index contributed by atoms with van der Waals surface area (Å²) in [6.07, 6.45) is 8.42. The lowest BCUT2D eigenvalue weighted by atomic mass is 9.89. The van der Waals surface area contributed by atoms with Crippen LogP contribution in [0.1, 0.15) is 78.4 Å². The molecule has 0 saturated carbocycles. The Hall–Kier alpha value is -2.47. The van der Waals surface area contributed by atoms with Crippen LogP contribution in [0.15, 0.2) is 40.2 Å². The van der Waals surface area contributed by atoms with E-state index >= 15 is 0 Å². The van der Waals surface area contributed by atoms with Gasteiger partial charge in [0.25, 0.3) is 0 Å². The van der Waals surface area contributed by atoms with Gasteiger partial charge in [-0.25, -0.2) is 0 Å². The number of nitrogens with zero attached hydrogens (tertiary/aromatic N) is 2. The van der Waals surface area contributed by atoms with E-state index in [1.807, 2.05) is 6.07 Å². The molecule has 1 aliphatic rings. The molecule has 0 spiro atoms. The minimum atomic E-state index is -0.0933. The van der Waals surface area contributed by atoms with Crippen molar-refractivity contribution in [2.24, 2.45) is 0 Å². The Balaban J connectivity index is 1.39. The average molecular weight is 424 g/mol. The predicted octanol–water partition coefficient (Wildman–Crippen LogP) is 5.19. The van der Waals surface area contributed by atoms with Gasteiger partial charge >= 0.3 is 0 Å². The van der Waals surface area contributed by atoms with Crippen molar-refractivity contribution in [2.45, 2.75) is 70.8 Å². The topological polar surface area (TPSA) is 68.0 Å². The quantitative estimate of drug-likeness (QED) is 0.514. The predicted molar refractivity (Wildman–Crippen MR) is 119 cm³/mol. The van der Waals surface area contributed by atoms with Crippen molar-refractivity contribution in [3.8, 4) is 0 Å². The molecule has 2 heterocycles. The lowest BCUT2D eigenvalue weighted by molar-refractivity contribution is -0.121. The van der Waals surface area contributed by atoms with E-state index in [-0.39, 0.29) is 11.9 Å². The van der Waals surface area contributed by atoms with E-state index in [0.717, 1.165) is 25.1 Å². The molecule has 6 heteroatoms. The van der Waals surface area contributed by atoms with Gasteiger partial charge in [-0.05, 0) is 66.7 Å². The number of benzene rings is 1. The monoisotopic (exact) mass is 423 g/mol. The van der Waals surface area contributed by atoms with Crippen LogP contribution in [0, 0.1) is 0 Å². The fraction of sp³-hybridized carbons (Fsp3) is 0.458. The van der Waals surface area contributed by atoms with E-state index in [4.69, 9.17) is 4.52 Å². The second kappa shape index (κ2) is 10.0. The molecule has 0 saturated heterocycles. The van der Waals surface area contributed by atoms with Crippen LogP contribution >= 0.6 is 11.3 Å². The molecule has 1 aliphatic carbocycles. The van der Waals surface area contributed by atoms with Crippen molar-refractivity contribution in [3.05, 3.63) is 69.0 Å². The number of carbonyl (C=O) groups is 1. The largest absolute Gasteiger partial charge is 0.344 e. The third kappa shape index (κ3) is 5.17. The summed E-state index contributed by atoms with van der Waals surface area (Å²) >= 11 is 1.69. The van der Waals surface area contributed by atoms with E-state index < -0.39 is 0 Å². The number of fused-ring (bicyclic) bond motifs is 1. The highest BCUT2D eigenvalue weighted by molar-refractivity contribution is 7.10. The van der Waals surface area contributed by atoms with Crippen LogP contribution < -0.4 is 5.32 Å². The summed E-state index contributed by atoms with van der Waals surface area (Å²) in [5.74, 6) is 1.43. The molecule has 3 aromatic rings. The van der Waals surface area contributed by atoms with Gasteiger partial charge in [-0.2, -0.15) is 4.98 Å². The van der Waals surface area contributed by atoms with Crippen molar-refractivity contribution in [1.82, 2.24) is 15.5 Å². The maximum atomic E-state index is 12.7.